The highest BCUT2D eigenvalue weighted by Gasteiger charge is 2.10. The van der Waals surface area contributed by atoms with Gasteiger partial charge in [0.05, 0.1) is 18.2 Å². The summed E-state index contributed by atoms with van der Waals surface area (Å²) in [5, 5.41) is 3.36. The third kappa shape index (κ3) is 2.93. The van der Waals surface area contributed by atoms with Crippen molar-refractivity contribution in [1.29, 1.82) is 0 Å². The highest BCUT2D eigenvalue weighted by Crippen LogP contribution is 2.20. The Bertz CT molecular complexity index is 543. The van der Waals surface area contributed by atoms with Gasteiger partial charge in [0.2, 0.25) is 0 Å². The maximum Gasteiger partial charge on any atom is 0.130 e. The van der Waals surface area contributed by atoms with E-state index in [-0.39, 0.29) is 0 Å². The van der Waals surface area contributed by atoms with Gasteiger partial charge in [-0.15, -0.1) is 0 Å². The molecule has 1 N–H and O–H groups in total. The molecule has 0 spiro atoms. The number of rotatable bonds is 4. The summed E-state index contributed by atoms with van der Waals surface area (Å²) in [4.78, 5) is 6.47. The van der Waals surface area contributed by atoms with E-state index in [4.69, 9.17) is 4.74 Å². The largest absolute Gasteiger partial charge is 0.487 e. The number of anilines is 1. The van der Waals surface area contributed by atoms with E-state index in [1.165, 1.54) is 5.69 Å². The Morgan fingerprint density at radius 2 is 1.95 bits per heavy atom. The first-order chi connectivity index (χ1) is 9.83. The van der Waals surface area contributed by atoms with Crippen LogP contribution in [-0.4, -0.2) is 35.7 Å². The topological polar surface area (TPSA) is 42.3 Å². The first kappa shape index (κ1) is 13.0. The summed E-state index contributed by atoms with van der Waals surface area (Å²) < 4.78 is 7.75. The third-order valence-electron chi connectivity index (χ3n) is 3.62. The first-order valence-corrected chi connectivity index (χ1v) is 6.96. The van der Waals surface area contributed by atoms with Crippen molar-refractivity contribution in [2.24, 2.45) is 7.05 Å². The second-order valence-electron chi connectivity index (χ2n) is 5.02. The summed E-state index contributed by atoms with van der Waals surface area (Å²) in [6.45, 7) is 4.78. The van der Waals surface area contributed by atoms with Gasteiger partial charge in [-0.1, -0.05) is 0 Å². The van der Waals surface area contributed by atoms with Crippen LogP contribution >= 0.6 is 0 Å². The minimum absolute atomic E-state index is 0.545. The van der Waals surface area contributed by atoms with Crippen molar-refractivity contribution >= 4 is 5.69 Å². The minimum atomic E-state index is 0.545. The second-order valence-corrected chi connectivity index (χ2v) is 5.02. The molecule has 0 aliphatic carbocycles. The van der Waals surface area contributed by atoms with Crippen molar-refractivity contribution in [3.8, 4) is 5.75 Å². The standard InChI is InChI=1S/C15H20N4O/c1-18-12-17-10-14(18)11-20-15-4-2-13(3-5-15)19-8-6-16-7-9-19/h2-5,10,12,16H,6-9,11H2,1H3. The fourth-order valence-electron chi connectivity index (χ4n) is 2.36. The van der Waals surface area contributed by atoms with Gasteiger partial charge in [0.25, 0.3) is 0 Å². The van der Waals surface area contributed by atoms with E-state index in [2.05, 4.69) is 27.3 Å². The van der Waals surface area contributed by atoms with Gasteiger partial charge in [-0.25, -0.2) is 4.98 Å². The summed E-state index contributed by atoms with van der Waals surface area (Å²) >= 11 is 0. The summed E-state index contributed by atoms with van der Waals surface area (Å²) in [6.07, 6.45) is 3.61. The Kier molecular flexibility index (Phi) is 3.87. The number of hydrogen-bond acceptors (Lipinski definition) is 4. The van der Waals surface area contributed by atoms with Crippen LogP contribution in [-0.2, 0) is 13.7 Å². The minimum Gasteiger partial charge on any atom is -0.487 e. The average molecular weight is 272 g/mol. The zero-order valence-electron chi connectivity index (χ0n) is 11.7. The molecule has 3 rings (SSSR count). The highest BCUT2D eigenvalue weighted by molar-refractivity contribution is 5.49. The molecule has 1 saturated heterocycles. The van der Waals surface area contributed by atoms with Gasteiger partial charge in [0.1, 0.15) is 12.4 Å². The van der Waals surface area contributed by atoms with Crippen LogP contribution in [0.15, 0.2) is 36.8 Å². The number of ether oxygens (including phenoxy) is 1. The van der Waals surface area contributed by atoms with Crippen molar-refractivity contribution in [3.63, 3.8) is 0 Å². The van der Waals surface area contributed by atoms with Gasteiger partial charge in [0.15, 0.2) is 0 Å². The molecule has 1 aliphatic heterocycles. The lowest BCUT2D eigenvalue weighted by Crippen LogP contribution is -2.43. The molecule has 2 aromatic rings. The van der Waals surface area contributed by atoms with Crippen LogP contribution in [0.25, 0.3) is 0 Å². The molecule has 1 aromatic heterocycles. The fraction of sp³-hybridized carbons (Fsp3) is 0.400. The maximum absolute atomic E-state index is 5.78. The Balaban J connectivity index is 1.59. The zero-order valence-corrected chi connectivity index (χ0v) is 11.7. The van der Waals surface area contributed by atoms with E-state index in [0.29, 0.717) is 6.61 Å². The molecule has 0 unspecified atom stereocenters. The van der Waals surface area contributed by atoms with Gasteiger partial charge in [-0.3, -0.25) is 0 Å². The van der Waals surface area contributed by atoms with E-state index >= 15 is 0 Å². The fourth-order valence-corrected chi connectivity index (χ4v) is 2.36. The molecule has 20 heavy (non-hydrogen) atoms. The van der Waals surface area contributed by atoms with Crippen LogP contribution in [0.1, 0.15) is 5.69 Å². The van der Waals surface area contributed by atoms with Crippen LogP contribution in [0.4, 0.5) is 5.69 Å². The van der Waals surface area contributed by atoms with E-state index < -0.39 is 0 Å². The van der Waals surface area contributed by atoms with Crippen molar-refractivity contribution < 1.29 is 4.74 Å². The summed E-state index contributed by atoms with van der Waals surface area (Å²) in [6, 6.07) is 8.33. The molecule has 0 bridgehead atoms. The molecule has 0 radical (unpaired) electrons. The molecule has 1 fully saturated rings. The van der Waals surface area contributed by atoms with Crippen LogP contribution in [0.3, 0.4) is 0 Å². The molecule has 0 atom stereocenters. The van der Waals surface area contributed by atoms with E-state index in [0.717, 1.165) is 37.6 Å². The van der Waals surface area contributed by atoms with Crippen LogP contribution in [0, 0.1) is 0 Å². The van der Waals surface area contributed by atoms with Crippen LogP contribution in [0.2, 0.25) is 0 Å². The molecule has 2 heterocycles. The average Bonchev–Trinajstić information content (AvgIpc) is 2.92. The molecule has 106 valence electrons. The number of nitrogens with zero attached hydrogens (tertiary/aromatic N) is 3. The number of hydrogen-bond donors (Lipinski definition) is 1. The highest BCUT2D eigenvalue weighted by atomic mass is 16.5. The number of aryl methyl sites for hydroxylation is 1. The molecular weight excluding hydrogens is 252 g/mol. The Hall–Kier alpha value is -2.01. The Labute approximate surface area is 119 Å². The van der Waals surface area contributed by atoms with E-state index in [1.54, 1.807) is 6.33 Å². The molecule has 5 nitrogen and oxygen atoms in total. The summed E-state index contributed by atoms with van der Waals surface area (Å²) in [7, 11) is 1.97. The Morgan fingerprint density at radius 1 is 1.20 bits per heavy atom. The summed E-state index contributed by atoms with van der Waals surface area (Å²) in [5.41, 5.74) is 2.33. The van der Waals surface area contributed by atoms with Crippen molar-refractivity contribution in [2.45, 2.75) is 6.61 Å². The molecule has 1 aliphatic rings. The predicted octanol–water partition coefficient (Wildman–Crippen LogP) is 1.41. The first-order valence-electron chi connectivity index (χ1n) is 6.96. The molecular formula is C15H20N4O. The molecule has 0 saturated carbocycles. The number of benzene rings is 1. The molecule has 0 amide bonds. The monoisotopic (exact) mass is 272 g/mol. The SMILES string of the molecule is Cn1cncc1COc1ccc(N2CCNCC2)cc1. The quantitative estimate of drug-likeness (QED) is 0.914. The van der Waals surface area contributed by atoms with Gasteiger partial charge >= 0.3 is 0 Å². The maximum atomic E-state index is 5.78. The van der Waals surface area contributed by atoms with Crippen molar-refractivity contribution in [3.05, 3.63) is 42.5 Å². The van der Waals surface area contributed by atoms with E-state index in [9.17, 15) is 0 Å². The van der Waals surface area contributed by atoms with Crippen molar-refractivity contribution in [2.75, 3.05) is 31.1 Å². The number of aromatic nitrogens is 2. The molecule has 5 heteroatoms. The number of nitrogens with one attached hydrogen (secondary N) is 1. The second kappa shape index (κ2) is 5.96. The van der Waals surface area contributed by atoms with Gasteiger partial charge < -0.3 is 19.5 Å². The Morgan fingerprint density at radius 3 is 2.60 bits per heavy atom. The lowest BCUT2D eigenvalue weighted by Gasteiger charge is -2.29. The predicted molar refractivity (Wildman–Crippen MR) is 79.1 cm³/mol. The van der Waals surface area contributed by atoms with Gasteiger partial charge in [-0.2, -0.15) is 0 Å². The third-order valence-corrected chi connectivity index (χ3v) is 3.62. The zero-order chi connectivity index (χ0) is 13.8. The summed E-state index contributed by atoms with van der Waals surface area (Å²) in [5.74, 6) is 0.894. The van der Waals surface area contributed by atoms with Crippen LogP contribution < -0.4 is 15.0 Å². The lowest BCUT2D eigenvalue weighted by molar-refractivity contribution is 0.297. The van der Waals surface area contributed by atoms with Gasteiger partial charge in [-0.05, 0) is 24.3 Å². The normalized spacial score (nSPS) is 15.3. The van der Waals surface area contributed by atoms with Crippen molar-refractivity contribution in [1.82, 2.24) is 14.9 Å². The number of piperazine rings is 1. The number of imidazole rings is 1. The molecule has 1 aromatic carbocycles. The van der Waals surface area contributed by atoms with Gasteiger partial charge in [0, 0.05) is 38.9 Å². The van der Waals surface area contributed by atoms with Crippen LogP contribution in [0.5, 0.6) is 5.75 Å². The smallest absolute Gasteiger partial charge is 0.130 e. The van der Waals surface area contributed by atoms with E-state index in [1.807, 2.05) is 29.9 Å². The lowest BCUT2D eigenvalue weighted by atomic mass is 10.2.